The van der Waals surface area contributed by atoms with Crippen LogP contribution in [0.3, 0.4) is 0 Å². The molecular weight excluding hydrogens is 321 g/mol. The fourth-order valence-corrected chi connectivity index (χ4v) is 3.00. The second-order valence-corrected chi connectivity index (χ2v) is 6.18. The normalized spacial score (nSPS) is 15.4. The number of imidazole rings is 1. The smallest absolute Gasteiger partial charge is 0.234 e. The molecule has 3 rings (SSSR count). The van der Waals surface area contributed by atoms with Gasteiger partial charge in [-0.05, 0) is 24.6 Å². The van der Waals surface area contributed by atoms with Gasteiger partial charge in [-0.25, -0.2) is 9.37 Å². The van der Waals surface area contributed by atoms with Gasteiger partial charge in [-0.1, -0.05) is 12.1 Å². The highest BCUT2D eigenvalue weighted by Gasteiger charge is 2.21. The standard InChI is InChI=1S/C18H24FN5O/c1-2-23-8-7-20-18(23)24-11-9-22(10-12-24)14-17(25)21-13-15-3-5-16(19)6-4-15/h3-8H,2,9-14H2,1H3,(H,21,25). The molecule has 0 aliphatic carbocycles. The van der Waals surface area contributed by atoms with Crippen molar-refractivity contribution in [1.82, 2.24) is 19.8 Å². The summed E-state index contributed by atoms with van der Waals surface area (Å²) >= 11 is 0. The number of anilines is 1. The van der Waals surface area contributed by atoms with Crippen molar-refractivity contribution < 1.29 is 9.18 Å². The number of amides is 1. The van der Waals surface area contributed by atoms with Gasteiger partial charge in [-0.2, -0.15) is 0 Å². The number of aromatic nitrogens is 2. The van der Waals surface area contributed by atoms with Crippen molar-refractivity contribution in [3.63, 3.8) is 0 Å². The number of halogens is 1. The number of carbonyl (C=O) groups is 1. The van der Waals surface area contributed by atoms with Gasteiger partial charge in [-0.3, -0.25) is 9.69 Å². The number of carbonyl (C=O) groups excluding carboxylic acids is 1. The molecule has 2 heterocycles. The highest BCUT2D eigenvalue weighted by molar-refractivity contribution is 5.78. The maximum Gasteiger partial charge on any atom is 0.234 e. The lowest BCUT2D eigenvalue weighted by Gasteiger charge is -2.35. The second-order valence-electron chi connectivity index (χ2n) is 6.18. The summed E-state index contributed by atoms with van der Waals surface area (Å²) in [6, 6.07) is 6.18. The van der Waals surface area contributed by atoms with Crippen LogP contribution in [0.25, 0.3) is 0 Å². The lowest BCUT2D eigenvalue weighted by Crippen LogP contribution is -2.50. The maximum atomic E-state index is 12.9. The van der Waals surface area contributed by atoms with Crippen molar-refractivity contribution in [2.45, 2.75) is 20.0 Å². The zero-order valence-corrected chi connectivity index (χ0v) is 14.5. The molecule has 1 fully saturated rings. The molecule has 6 nitrogen and oxygen atoms in total. The largest absolute Gasteiger partial charge is 0.351 e. The van der Waals surface area contributed by atoms with Crippen LogP contribution in [0.1, 0.15) is 12.5 Å². The number of rotatable bonds is 6. The fourth-order valence-electron chi connectivity index (χ4n) is 3.00. The third-order valence-corrected chi connectivity index (χ3v) is 4.46. The van der Waals surface area contributed by atoms with Gasteiger partial charge in [0.1, 0.15) is 5.82 Å². The third kappa shape index (κ3) is 4.57. The molecular formula is C18H24FN5O. The van der Waals surface area contributed by atoms with Crippen LogP contribution in [0, 0.1) is 5.82 Å². The van der Waals surface area contributed by atoms with Gasteiger partial charge in [0.25, 0.3) is 0 Å². The Morgan fingerprint density at radius 3 is 2.60 bits per heavy atom. The fraction of sp³-hybridized carbons (Fsp3) is 0.444. The van der Waals surface area contributed by atoms with E-state index in [2.05, 4.69) is 31.6 Å². The Hall–Kier alpha value is -2.41. The van der Waals surface area contributed by atoms with Gasteiger partial charge in [0.05, 0.1) is 6.54 Å². The van der Waals surface area contributed by atoms with Crippen molar-refractivity contribution in [2.24, 2.45) is 0 Å². The highest BCUT2D eigenvalue weighted by atomic mass is 19.1. The van der Waals surface area contributed by atoms with Crippen molar-refractivity contribution in [3.05, 3.63) is 48.0 Å². The third-order valence-electron chi connectivity index (χ3n) is 4.46. The average Bonchev–Trinajstić information content (AvgIpc) is 3.11. The first kappa shape index (κ1) is 17.4. The first-order valence-electron chi connectivity index (χ1n) is 8.65. The van der Waals surface area contributed by atoms with E-state index < -0.39 is 0 Å². The Morgan fingerprint density at radius 2 is 1.92 bits per heavy atom. The Kier molecular flexibility index (Phi) is 5.65. The molecule has 134 valence electrons. The average molecular weight is 345 g/mol. The van der Waals surface area contributed by atoms with Gasteiger partial charge in [0, 0.05) is 51.7 Å². The van der Waals surface area contributed by atoms with Crippen molar-refractivity contribution >= 4 is 11.9 Å². The summed E-state index contributed by atoms with van der Waals surface area (Å²) in [7, 11) is 0. The van der Waals surface area contributed by atoms with Gasteiger partial charge in [0.2, 0.25) is 11.9 Å². The van der Waals surface area contributed by atoms with Crippen LogP contribution in [0.5, 0.6) is 0 Å². The summed E-state index contributed by atoms with van der Waals surface area (Å²) in [5, 5.41) is 2.89. The van der Waals surface area contributed by atoms with Crippen LogP contribution < -0.4 is 10.2 Å². The Bertz CT molecular complexity index is 692. The van der Waals surface area contributed by atoms with Crippen LogP contribution >= 0.6 is 0 Å². The van der Waals surface area contributed by atoms with E-state index in [9.17, 15) is 9.18 Å². The summed E-state index contributed by atoms with van der Waals surface area (Å²) < 4.78 is 15.0. The van der Waals surface area contributed by atoms with E-state index in [1.807, 2.05) is 12.4 Å². The molecule has 1 amide bonds. The van der Waals surface area contributed by atoms with Crippen LogP contribution in [0.4, 0.5) is 10.3 Å². The molecule has 0 spiro atoms. The minimum absolute atomic E-state index is 0.00664. The van der Waals surface area contributed by atoms with E-state index in [4.69, 9.17) is 0 Å². The summed E-state index contributed by atoms with van der Waals surface area (Å²) in [6.07, 6.45) is 3.82. The molecule has 25 heavy (non-hydrogen) atoms. The van der Waals surface area contributed by atoms with E-state index in [0.717, 1.165) is 44.2 Å². The monoisotopic (exact) mass is 345 g/mol. The van der Waals surface area contributed by atoms with Crippen molar-refractivity contribution in [2.75, 3.05) is 37.6 Å². The molecule has 1 saturated heterocycles. The molecule has 7 heteroatoms. The highest BCUT2D eigenvalue weighted by Crippen LogP contribution is 2.14. The van der Waals surface area contributed by atoms with Crippen LogP contribution in [-0.4, -0.2) is 53.1 Å². The lowest BCUT2D eigenvalue weighted by atomic mass is 10.2. The minimum atomic E-state index is -0.267. The van der Waals surface area contributed by atoms with Crippen molar-refractivity contribution in [1.29, 1.82) is 0 Å². The second kappa shape index (κ2) is 8.11. The molecule has 2 aromatic rings. The zero-order chi connectivity index (χ0) is 17.6. The minimum Gasteiger partial charge on any atom is -0.351 e. The molecule has 0 unspecified atom stereocenters. The first-order chi connectivity index (χ1) is 12.2. The molecule has 1 aromatic carbocycles. The topological polar surface area (TPSA) is 53.4 Å². The predicted molar refractivity (Wildman–Crippen MR) is 94.8 cm³/mol. The Morgan fingerprint density at radius 1 is 1.20 bits per heavy atom. The summed E-state index contributed by atoms with van der Waals surface area (Å²) in [5.41, 5.74) is 0.894. The molecule has 1 aliphatic heterocycles. The first-order valence-corrected chi connectivity index (χ1v) is 8.65. The molecule has 1 aromatic heterocycles. The number of benzene rings is 1. The van der Waals surface area contributed by atoms with Crippen LogP contribution in [-0.2, 0) is 17.9 Å². The van der Waals surface area contributed by atoms with E-state index >= 15 is 0 Å². The SMILES string of the molecule is CCn1ccnc1N1CCN(CC(=O)NCc2ccc(F)cc2)CC1. The summed E-state index contributed by atoms with van der Waals surface area (Å²) in [6.45, 7) is 7.21. The molecule has 1 N–H and O–H groups in total. The van der Waals surface area contributed by atoms with Gasteiger partial charge >= 0.3 is 0 Å². The number of hydrogen-bond acceptors (Lipinski definition) is 4. The van der Waals surface area contributed by atoms with E-state index in [0.29, 0.717) is 13.1 Å². The lowest BCUT2D eigenvalue weighted by molar-refractivity contribution is -0.122. The Labute approximate surface area is 147 Å². The van der Waals surface area contributed by atoms with E-state index in [1.165, 1.54) is 12.1 Å². The summed E-state index contributed by atoms with van der Waals surface area (Å²) in [5.74, 6) is 0.729. The molecule has 0 bridgehead atoms. The maximum absolute atomic E-state index is 12.9. The van der Waals surface area contributed by atoms with Crippen LogP contribution in [0.2, 0.25) is 0 Å². The number of piperazine rings is 1. The number of nitrogens with zero attached hydrogens (tertiary/aromatic N) is 4. The predicted octanol–water partition coefficient (Wildman–Crippen LogP) is 1.48. The molecule has 0 saturated carbocycles. The molecule has 0 radical (unpaired) electrons. The zero-order valence-electron chi connectivity index (χ0n) is 14.5. The number of nitrogens with one attached hydrogen (secondary N) is 1. The quantitative estimate of drug-likeness (QED) is 0.862. The number of aryl methyl sites for hydroxylation is 1. The molecule has 0 atom stereocenters. The van der Waals surface area contributed by atoms with E-state index in [1.54, 1.807) is 12.1 Å². The molecule has 1 aliphatic rings. The van der Waals surface area contributed by atoms with E-state index in [-0.39, 0.29) is 11.7 Å². The Balaban J connectivity index is 1.42. The van der Waals surface area contributed by atoms with Gasteiger partial charge < -0.3 is 14.8 Å². The van der Waals surface area contributed by atoms with Gasteiger partial charge in [-0.15, -0.1) is 0 Å². The number of hydrogen-bond donors (Lipinski definition) is 1. The summed E-state index contributed by atoms with van der Waals surface area (Å²) in [4.78, 5) is 20.9. The van der Waals surface area contributed by atoms with Gasteiger partial charge in [0.15, 0.2) is 0 Å². The van der Waals surface area contributed by atoms with Crippen LogP contribution in [0.15, 0.2) is 36.7 Å². The van der Waals surface area contributed by atoms with Crippen molar-refractivity contribution in [3.8, 4) is 0 Å².